The van der Waals surface area contributed by atoms with Crippen LogP contribution in [-0.2, 0) is 0 Å². The Morgan fingerprint density at radius 1 is 0.824 bits per heavy atom. The smallest absolute Gasteiger partial charge is 0.324 e. The predicted octanol–water partition coefficient (Wildman–Crippen LogP) is 5.04. The van der Waals surface area contributed by atoms with Crippen LogP contribution in [0.4, 0.5) is 17.1 Å². The molecule has 0 spiro atoms. The molecule has 0 aliphatic heterocycles. The Kier molecular flexibility index (Phi) is 6.52. The number of aryl methyl sites for hydroxylation is 3. The molecule has 0 saturated carbocycles. The lowest BCUT2D eigenvalue weighted by atomic mass is 10.0. The molecule has 0 aliphatic carbocycles. The summed E-state index contributed by atoms with van der Waals surface area (Å²) < 4.78 is 2.07. The van der Waals surface area contributed by atoms with Gasteiger partial charge in [0.1, 0.15) is 5.65 Å². The van der Waals surface area contributed by atoms with Crippen LogP contribution in [-0.4, -0.2) is 29.3 Å². The Balaban J connectivity index is 0.000000192. The molecule has 0 aliphatic rings. The molecule has 4 rings (SSSR count). The van der Waals surface area contributed by atoms with E-state index < -0.39 is 37.6 Å². The number of pyridine rings is 1. The highest BCUT2D eigenvalue weighted by Crippen LogP contribution is 2.39. The molecule has 2 aromatic heterocycles. The largest absolute Gasteiger partial charge is 0.497 e. The van der Waals surface area contributed by atoms with Gasteiger partial charge in [0.05, 0.1) is 32.6 Å². The molecule has 34 heavy (non-hydrogen) atoms. The summed E-state index contributed by atoms with van der Waals surface area (Å²) in [6.45, 7) is 6.33. The van der Waals surface area contributed by atoms with Crippen molar-refractivity contribution in [3.8, 4) is 17.0 Å². The molecule has 1 N–H and O–H groups in total. The number of aromatic nitrogens is 2. The average molecular weight is 465 g/mol. The van der Waals surface area contributed by atoms with Crippen LogP contribution in [0.25, 0.3) is 16.9 Å². The maximum Gasteiger partial charge on any atom is 0.324 e. The van der Waals surface area contributed by atoms with E-state index in [0.717, 1.165) is 11.3 Å². The molecule has 0 amide bonds. The summed E-state index contributed by atoms with van der Waals surface area (Å²) in [6, 6.07) is 11.6. The lowest BCUT2D eigenvalue weighted by Gasteiger charge is -2.03. The quantitative estimate of drug-likeness (QED) is 0.323. The zero-order valence-electron chi connectivity index (χ0n) is 18.3. The predicted molar refractivity (Wildman–Crippen MR) is 123 cm³/mol. The van der Waals surface area contributed by atoms with E-state index in [0.29, 0.717) is 12.1 Å². The summed E-state index contributed by atoms with van der Waals surface area (Å²) in [5.74, 6) is -1.21. The van der Waals surface area contributed by atoms with Gasteiger partial charge in [-0.05, 0) is 50.1 Å². The topological polar surface area (TPSA) is 167 Å². The molecule has 12 heteroatoms. The number of nitro benzene ring substituents is 3. The first-order valence-electron chi connectivity index (χ1n) is 9.81. The molecule has 0 radical (unpaired) electrons. The summed E-state index contributed by atoms with van der Waals surface area (Å²) in [4.78, 5) is 32.5. The first kappa shape index (κ1) is 23.8. The van der Waals surface area contributed by atoms with Gasteiger partial charge in [-0.2, -0.15) is 0 Å². The molecule has 0 bridgehead atoms. The number of hydrogen-bond donors (Lipinski definition) is 1. The Labute approximate surface area is 192 Å². The van der Waals surface area contributed by atoms with E-state index in [1.807, 2.05) is 0 Å². The third-order valence-corrected chi connectivity index (χ3v) is 4.94. The van der Waals surface area contributed by atoms with Crippen LogP contribution < -0.4 is 0 Å². The molecule has 0 unspecified atom stereocenters. The molecule has 2 aromatic carbocycles. The summed E-state index contributed by atoms with van der Waals surface area (Å²) in [5, 5.41) is 40.2. The van der Waals surface area contributed by atoms with Crippen LogP contribution in [0, 0.1) is 51.1 Å². The maximum atomic E-state index is 10.4. The number of nitrogens with zero attached hydrogens (tertiary/aromatic N) is 5. The second-order valence-electron chi connectivity index (χ2n) is 7.52. The Hall–Kier alpha value is -4.87. The summed E-state index contributed by atoms with van der Waals surface area (Å²) in [7, 11) is 0. The first-order chi connectivity index (χ1) is 16.0. The first-order valence-corrected chi connectivity index (χ1v) is 9.81. The average Bonchev–Trinajstić information content (AvgIpc) is 3.18. The number of fused-ring (bicyclic) bond motifs is 1. The van der Waals surface area contributed by atoms with E-state index in [2.05, 4.69) is 67.9 Å². The van der Waals surface area contributed by atoms with Gasteiger partial charge in [0, 0.05) is 18.0 Å². The van der Waals surface area contributed by atoms with Crippen LogP contribution in [0.5, 0.6) is 5.75 Å². The minimum Gasteiger partial charge on any atom is -0.497 e. The normalized spacial score (nSPS) is 10.4. The number of hydrogen-bond acceptors (Lipinski definition) is 8. The summed E-state index contributed by atoms with van der Waals surface area (Å²) in [5.41, 5.74) is 4.03. The third kappa shape index (κ3) is 4.96. The maximum absolute atomic E-state index is 10.4. The lowest BCUT2D eigenvalue weighted by molar-refractivity contribution is -0.404. The third-order valence-electron chi connectivity index (χ3n) is 4.94. The van der Waals surface area contributed by atoms with Crippen molar-refractivity contribution in [1.82, 2.24) is 9.38 Å². The van der Waals surface area contributed by atoms with Gasteiger partial charge in [-0.3, -0.25) is 30.3 Å². The van der Waals surface area contributed by atoms with E-state index >= 15 is 0 Å². The summed E-state index contributed by atoms with van der Waals surface area (Å²) in [6.07, 6.45) is 4.16. The fourth-order valence-electron chi connectivity index (χ4n) is 3.20. The minimum atomic E-state index is -1.21. The number of imidazole rings is 1. The number of nitro groups is 3. The van der Waals surface area contributed by atoms with Gasteiger partial charge in [-0.1, -0.05) is 17.7 Å². The van der Waals surface area contributed by atoms with Crippen molar-refractivity contribution in [2.75, 3.05) is 0 Å². The number of benzene rings is 2. The van der Waals surface area contributed by atoms with Gasteiger partial charge >= 0.3 is 11.4 Å². The zero-order chi connectivity index (χ0) is 25.2. The SMILES string of the molecule is Cc1ccc(C)c(-c2cn3ccc(C)cc3n2)c1.O=[N+]([O-])c1cc([N+](=O)[O-])c(O)c([N+](=O)[O-])c1. The van der Waals surface area contributed by atoms with Crippen molar-refractivity contribution in [3.63, 3.8) is 0 Å². The van der Waals surface area contributed by atoms with E-state index in [4.69, 9.17) is 10.1 Å². The molecule has 2 heterocycles. The number of non-ortho nitro benzene ring substituents is 1. The molecule has 174 valence electrons. The summed E-state index contributed by atoms with van der Waals surface area (Å²) >= 11 is 0. The number of phenolic OH excluding ortho intramolecular Hbond substituents is 1. The molecular weight excluding hydrogens is 446 g/mol. The second-order valence-corrected chi connectivity index (χ2v) is 7.52. The van der Waals surface area contributed by atoms with Gasteiger partial charge < -0.3 is 9.51 Å². The van der Waals surface area contributed by atoms with Crippen molar-refractivity contribution in [3.05, 3.63) is 102 Å². The van der Waals surface area contributed by atoms with Gasteiger partial charge in [0.25, 0.3) is 11.4 Å². The van der Waals surface area contributed by atoms with E-state index in [1.54, 1.807) is 0 Å². The van der Waals surface area contributed by atoms with Crippen LogP contribution in [0.15, 0.2) is 54.9 Å². The second kappa shape index (κ2) is 9.32. The van der Waals surface area contributed by atoms with E-state index in [-0.39, 0.29) is 0 Å². The molecule has 0 saturated heterocycles. The molecular formula is C22H19N5O7. The van der Waals surface area contributed by atoms with Crippen molar-refractivity contribution in [1.29, 1.82) is 0 Å². The van der Waals surface area contributed by atoms with Crippen LogP contribution in [0.3, 0.4) is 0 Å². The minimum absolute atomic E-state index is 0.447. The van der Waals surface area contributed by atoms with Crippen LogP contribution in [0.2, 0.25) is 0 Å². The monoisotopic (exact) mass is 465 g/mol. The highest BCUT2D eigenvalue weighted by molar-refractivity contribution is 5.67. The van der Waals surface area contributed by atoms with Gasteiger partial charge in [-0.15, -0.1) is 0 Å². The highest BCUT2D eigenvalue weighted by Gasteiger charge is 2.30. The highest BCUT2D eigenvalue weighted by atomic mass is 16.6. The van der Waals surface area contributed by atoms with Crippen LogP contribution in [0.1, 0.15) is 16.7 Å². The number of aromatic hydroxyl groups is 1. The molecule has 0 atom stereocenters. The number of phenols is 1. The standard InChI is InChI=1S/C16H16N2.C6H3N3O7/c1-11-4-5-13(3)14(8-11)15-10-18-7-6-12(2)9-16(18)17-15;10-6-4(8(13)14)1-3(7(11)12)2-5(6)9(15)16/h4-10H,1-3H3;1-2,10H. The Bertz CT molecular complexity index is 1410. The fraction of sp³-hybridized carbons (Fsp3) is 0.136. The number of rotatable bonds is 4. The van der Waals surface area contributed by atoms with Crippen molar-refractivity contribution in [2.45, 2.75) is 20.8 Å². The van der Waals surface area contributed by atoms with Crippen molar-refractivity contribution < 1.29 is 19.9 Å². The van der Waals surface area contributed by atoms with E-state index in [9.17, 15) is 30.3 Å². The lowest BCUT2D eigenvalue weighted by Crippen LogP contribution is -1.97. The molecule has 0 fully saturated rings. The fourth-order valence-corrected chi connectivity index (χ4v) is 3.20. The van der Waals surface area contributed by atoms with E-state index in [1.165, 1.54) is 22.3 Å². The van der Waals surface area contributed by atoms with Crippen molar-refractivity contribution in [2.24, 2.45) is 0 Å². The van der Waals surface area contributed by atoms with Crippen molar-refractivity contribution >= 4 is 22.7 Å². The zero-order valence-corrected chi connectivity index (χ0v) is 18.3. The van der Waals surface area contributed by atoms with Crippen LogP contribution >= 0.6 is 0 Å². The molecule has 12 nitrogen and oxygen atoms in total. The molecule has 4 aromatic rings. The Morgan fingerprint density at radius 3 is 1.97 bits per heavy atom. The Morgan fingerprint density at radius 2 is 1.41 bits per heavy atom. The van der Waals surface area contributed by atoms with Gasteiger partial charge in [0.2, 0.25) is 0 Å². The van der Waals surface area contributed by atoms with Gasteiger partial charge in [-0.25, -0.2) is 4.98 Å². The van der Waals surface area contributed by atoms with Gasteiger partial charge in [0.15, 0.2) is 0 Å².